The molecule has 4 aromatic carbocycles. The molecule has 17 heteroatoms. The number of hydrogen-bond acceptors (Lipinski definition) is 9. The molecular weight excluding hydrogens is 906 g/mol. The van der Waals surface area contributed by atoms with Crippen LogP contribution in [0.2, 0.25) is 5.02 Å². The highest BCUT2D eigenvalue weighted by Crippen LogP contribution is 2.56. The molecule has 5 amide bonds. The number of hydrogen-bond donors (Lipinski definition) is 4. The molecule has 1 aromatic heterocycles. The second-order valence-corrected chi connectivity index (χ2v) is 19.4. The molecule has 4 heterocycles. The third kappa shape index (κ3) is 9.38. The topological polar surface area (TPSA) is 173 Å². The normalized spacial score (nSPS) is 22.1. The molecule has 4 aliphatic rings. The van der Waals surface area contributed by atoms with Gasteiger partial charge in [-0.1, -0.05) is 61.0 Å². The number of aromatic nitrogens is 2. The number of carbonyl (C=O) groups excluding carboxylic acids is 4. The number of nitrogens with two attached hydrogens (primary N) is 1. The minimum Gasteiger partial charge on any atom is -0.494 e. The number of carbonyl (C=O) groups is 4. The molecule has 3 aliphatic heterocycles. The average molecular weight is 966 g/mol. The van der Waals surface area contributed by atoms with Crippen LogP contribution in [-0.4, -0.2) is 90.9 Å². The monoisotopic (exact) mass is 964 g/mol. The number of likely N-dealkylation sites (tertiary alicyclic amines) is 1. The molecule has 3 fully saturated rings. The molecule has 14 nitrogen and oxygen atoms in total. The molecule has 1 aliphatic carbocycles. The highest BCUT2D eigenvalue weighted by atomic mass is 35.5. The number of para-hydroxylation sites is 1. The van der Waals surface area contributed by atoms with E-state index in [1.165, 1.54) is 30.9 Å². The average Bonchev–Trinajstić information content (AvgIpc) is 3.83. The third-order valence-electron chi connectivity index (χ3n) is 14.9. The first-order chi connectivity index (χ1) is 33.3. The Balaban J connectivity index is 0.764. The Bertz CT molecular complexity index is 2770. The number of imide groups is 1. The van der Waals surface area contributed by atoms with Gasteiger partial charge in [0.2, 0.25) is 17.7 Å². The van der Waals surface area contributed by atoms with Gasteiger partial charge in [-0.2, -0.15) is 5.10 Å². The number of methoxy groups -OCH3 is 1. The second-order valence-electron chi connectivity index (χ2n) is 19.0. The first kappa shape index (κ1) is 47.9. The number of ether oxygens (including phenoxy) is 2. The van der Waals surface area contributed by atoms with Gasteiger partial charge in [-0.3, -0.25) is 29.3 Å². The van der Waals surface area contributed by atoms with E-state index in [1.807, 2.05) is 61.1 Å². The summed E-state index contributed by atoms with van der Waals surface area (Å²) >= 11 is 6.68. The van der Waals surface area contributed by atoms with E-state index in [0.29, 0.717) is 36.9 Å². The molecule has 2 atom stereocenters. The fourth-order valence-electron chi connectivity index (χ4n) is 11.1. The van der Waals surface area contributed by atoms with Crippen LogP contribution in [0.1, 0.15) is 91.3 Å². The zero-order valence-corrected chi connectivity index (χ0v) is 40.0. The van der Waals surface area contributed by atoms with E-state index in [-0.39, 0.29) is 63.4 Å². The number of aryl methyl sites for hydroxylation is 1. The number of nitrogens with zero attached hydrogens (tertiary/aromatic N) is 4. The Kier molecular flexibility index (Phi) is 14.0. The lowest BCUT2D eigenvalue weighted by Gasteiger charge is -2.37. The molecule has 5 aromatic rings. The quantitative estimate of drug-likeness (QED) is 0.0767. The Morgan fingerprint density at radius 1 is 0.986 bits per heavy atom. The third-order valence-corrected chi connectivity index (χ3v) is 15.3. The van der Waals surface area contributed by atoms with E-state index in [0.717, 1.165) is 87.5 Å². The zero-order valence-electron chi connectivity index (χ0n) is 39.2. The number of piperidine rings is 1. The smallest absolute Gasteiger partial charge is 0.329 e. The fraction of sp³-hybridized carbons (Fsp3) is 0.442. The summed E-state index contributed by atoms with van der Waals surface area (Å²) < 4.78 is 45.8. The number of primary amides is 1. The van der Waals surface area contributed by atoms with Crippen LogP contribution in [0.4, 0.5) is 19.4 Å². The predicted octanol–water partition coefficient (Wildman–Crippen LogP) is 7.73. The van der Waals surface area contributed by atoms with E-state index in [2.05, 4.69) is 26.9 Å². The van der Waals surface area contributed by atoms with Gasteiger partial charge in [-0.15, -0.1) is 0 Å². The van der Waals surface area contributed by atoms with Crippen molar-refractivity contribution >= 4 is 52.1 Å². The van der Waals surface area contributed by atoms with Crippen molar-refractivity contribution in [2.75, 3.05) is 51.3 Å². The number of urea groups is 1. The largest absolute Gasteiger partial charge is 0.494 e. The summed E-state index contributed by atoms with van der Waals surface area (Å²) in [6, 6.07) is 19.3. The van der Waals surface area contributed by atoms with E-state index in [4.69, 9.17) is 31.9 Å². The van der Waals surface area contributed by atoms with Crippen molar-refractivity contribution < 1.29 is 37.4 Å². The van der Waals surface area contributed by atoms with Crippen molar-refractivity contribution in [3.8, 4) is 22.6 Å². The van der Waals surface area contributed by atoms with Gasteiger partial charge < -0.3 is 30.7 Å². The molecule has 5 N–H and O–H groups in total. The van der Waals surface area contributed by atoms with Gasteiger partial charge in [0.15, 0.2) is 23.0 Å². The summed E-state index contributed by atoms with van der Waals surface area (Å²) in [5, 5.41) is 14.6. The maximum atomic E-state index is 16.2. The van der Waals surface area contributed by atoms with Crippen LogP contribution in [0.25, 0.3) is 22.0 Å². The summed E-state index contributed by atoms with van der Waals surface area (Å²) in [7, 11) is 3.20. The van der Waals surface area contributed by atoms with Crippen LogP contribution < -0.4 is 36.1 Å². The van der Waals surface area contributed by atoms with Crippen molar-refractivity contribution in [2.24, 2.45) is 24.6 Å². The standard InChI is InChI=1S/C52H59ClF2N8O6/c1-30-42-40(28-38(54)45(53)44(42)43-36(48(56)65)17-18-39(68-3)46(43)55)69-52(30,34-10-5-4-6-11-34)29-58-35-15-13-32(14-16-35)50(66)57-22-8-23-62-24-19-31(20-25-62)27-33-9-7-12-37-47(33)61(2)60-49(37)63-26-21-41(64)59-51(63)67/h4-7,9-12,17-18,28,30-32,35,58H,8,13-16,19-27,29H2,1-3H3,(H2,56,65)(H,57,66)(H,59,64,67). The van der Waals surface area contributed by atoms with Crippen LogP contribution in [0.3, 0.4) is 0 Å². The highest BCUT2D eigenvalue weighted by molar-refractivity contribution is 6.34. The molecular formula is C52H59ClF2N8O6. The van der Waals surface area contributed by atoms with Gasteiger partial charge in [0.1, 0.15) is 11.6 Å². The van der Waals surface area contributed by atoms with E-state index < -0.39 is 35.1 Å². The maximum Gasteiger partial charge on any atom is 0.329 e. The van der Waals surface area contributed by atoms with Gasteiger partial charge in [-0.25, -0.2) is 13.6 Å². The lowest BCUT2D eigenvalue weighted by atomic mass is 9.77. The highest BCUT2D eigenvalue weighted by Gasteiger charge is 2.50. The van der Waals surface area contributed by atoms with Gasteiger partial charge in [0.25, 0.3) is 0 Å². The summed E-state index contributed by atoms with van der Waals surface area (Å²) in [5.41, 5.74) is 7.74. The SMILES string of the molecule is COc1ccc(C(N)=O)c(-c2c(Cl)c(F)cc3c2C(C)C(CNC2CCC(C(=O)NCCCN4CCC(Cc5cccc6c(N7CCC(=O)NC7=O)nn(C)c56)CC4)CC2)(c2ccccc2)O3)c1F. The first-order valence-electron chi connectivity index (χ1n) is 24.0. The second kappa shape index (κ2) is 20.1. The van der Waals surface area contributed by atoms with Crippen molar-refractivity contribution in [3.63, 3.8) is 0 Å². The Morgan fingerprint density at radius 2 is 1.74 bits per heavy atom. The first-order valence-corrected chi connectivity index (χ1v) is 24.4. The molecule has 0 radical (unpaired) electrons. The minimum absolute atomic E-state index is 0.00586. The van der Waals surface area contributed by atoms with Crippen LogP contribution in [-0.2, 0) is 28.7 Å². The molecule has 2 saturated heterocycles. The molecule has 69 heavy (non-hydrogen) atoms. The number of rotatable bonds is 15. The Hall–Kier alpha value is -6.10. The predicted molar refractivity (Wildman–Crippen MR) is 259 cm³/mol. The summed E-state index contributed by atoms with van der Waals surface area (Å²) in [4.78, 5) is 54.4. The lowest BCUT2D eigenvalue weighted by Crippen LogP contribution is -2.49. The van der Waals surface area contributed by atoms with Crippen molar-refractivity contribution in [2.45, 2.75) is 82.3 Å². The molecule has 0 spiro atoms. The van der Waals surface area contributed by atoms with Crippen LogP contribution >= 0.6 is 11.6 Å². The van der Waals surface area contributed by atoms with Crippen LogP contribution in [0.5, 0.6) is 11.5 Å². The number of benzene rings is 4. The number of halogens is 3. The van der Waals surface area contributed by atoms with E-state index in [1.54, 1.807) is 4.90 Å². The van der Waals surface area contributed by atoms with Crippen molar-refractivity contribution in [1.82, 2.24) is 30.6 Å². The summed E-state index contributed by atoms with van der Waals surface area (Å²) in [6.07, 6.45) is 7.17. The fourth-order valence-corrected chi connectivity index (χ4v) is 11.4. The molecule has 9 rings (SSSR count). The van der Waals surface area contributed by atoms with E-state index in [9.17, 15) is 19.2 Å². The van der Waals surface area contributed by atoms with Crippen molar-refractivity contribution in [1.29, 1.82) is 0 Å². The van der Waals surface area contributed by atoms with Gasteiger partial charge in [0.05, 0.1) is 23.2 Å². The van der Waals surface area contributed by atoms with Crippen LogP contribution in [0, 0.1) is 23.5 Å². The number of nitrogens with one attached hydrogen (secondary N) is 3. The molecule has 1 saturated carbocycles. The molecule has 2 unspecified atom stereocenters. The molecule has 364 valence electrons. The summed E-state index contributed by atoms with van der Waals surface area (Å²) in [6.45, 7) is 6.08. The minimum atomic E-state index is -1.07. The van der Waals surface area contributed by atoms with Crippen molar-refractivity contribution in [3.05, 3.63) is 106 Å². The lowest BCUT2D eigenvalue weighted by molar-refractivity contribution is -0.126. The number of amides is 5. The van der Waals surface area contributed by atoms with Gasteiger partial charge >= 0.3 is 6.03 Å². The van der Waals surface area contributed by atoms with Gasteiger partial charge in [-0.05, 0) is 106 Å². The van der Waals surface area contributed by atoms with Crippen LogP contribution in [0.15, 0.2) is 66.7 Å². The molecule has 0 bridgehead atoms. The maximum absolute atomic E-state index is 16.2. The Morgan fingerprint density at radius 3 is 2.45 bits per heavy atom. The van der Waals surface area contributed by atoms with Gasteiger partial charge in [0, 0.05) is 79.1 Å². The Labute approximate surface area is 405 Å². The van der Waals surface area contributed by atoms with E-state index >= 15 is 8.78 Å². The number of anilines is 1. The summed E-state index contributed by atoms with van der Waals surface area (Å²) in [5.74, 6) is -2.27. The number of fused-ring (bicyclic) bond motifs is 2. The zero-order chi connectivity index (χ0) is 48.6.